The summed E-state index contributed by atoms with van der Waals surface area (Å²) in [6, 6.07) is 13.1. The zero-order valence-corrected chi connectivity index (χ0v) is 13.4. The van der Waals surface area contributed by atoms with E-state index < -0.39 is 0 Å². The van der Waals surface area contributed by atoms with E-state index in [1.165, 1.54) is 12.4 Å². The minimum Gasteiger partial charge on any atom is -0.414 e. The number of aromatic nitrogens is 5. The molecule has 4 aromatic rings. The molecule has 0 fully saturated rings. The molecule has 3 heterocycles. The summed E-state index contributed by atoms with van der Waals surface area (Å²) in [6.07, 6.45) is 4.53. The molecule has 0 saturated heterocycles. The lowest BCUT2D eigenvalue weighted by Crippen LogP contribution is -2.00. The van der Waals surface area contributed by atoms with Gasteiger partial charge in [0, 0.05) is 23.5 Å². The molecule has 2 N–H and O–H groups in total. The molecule has 8 nitrogen and oxygen atoms in total. The third-order valence-electron chi connectivity index (χ3n) is 3.67. The first kappa shape index (κ1) is 15.4. The third-order valence-corrected chi connectivity index (χ3v) is 3.67. The van der Waals surface area contributed by atoms with Crippen LogP contribution in [0.25, 0.3) is 34.3 Å². The number of nitrogens with zero attached hydrogens (tertiary/aromatic N) is 6. The van der Waals surface area contributed by atoms with Crippen LogP contribution in [-0.4, -0.2) is 25.1 Å². The molecule has 0 aliphatic heterocycles. The van der Waals surface area contributed by atoms with Gasteiger partial charge in [0.2, 0.25) is 5.89 Å². The van der Waals surface area contributed by atoms with Gasteiger partial charge in [-0.3, -0.25) is 4.98 Å². The fourth-order valence-electron chi connectivity index (χ4n) is 2.41. The number of anilines is 1. The highest BCUT2D eigenvalue weighted by atomic mass is 16.4. The zero-order valence-electron chi connectivity index (χ0n) is 13.4. The summed E-state index contributed by atoms with van der Waals surface area (Å²) in [5.74, 6) is 0.668. The summed E-state index contributed by atoms with van der Waals surface area (Å²) in [5, 5.41) is 17.3. The van der Waals surface area contributed by atoms with Crippen LogP contribution in [0.3, 0.4) is 0 Å². The fraction of sp³-hybridized carbons (Fsp3) is 0. The molecule has 0 saturated carbocycles. The summed E-state index contributed by atoms with van der Waals surface area (Å²) in [4.78, 5) is 12.6. The average Bonchev–Trinajstić information content (AvgIpc) is 3.19. The summed E-state index contributed by atoms with van der Waals surface area (Å²) < 4.78 is 5.70. The number of hydrogen-bond donors (Lipinski definition) is 1. The second-order valence-corrected chi connectivity index (χ2v) is 5.30. The average molecular weight is 341 g/mol. The summed E-state index contributed by atoms with van der Waals surface area (Å²) in [5.41, 5.74) is 8.43. The van der Waals surface area contributed by atoms with E-state index in [1.54, 1.807) is 12.3 Å². The number of nitrogens with two attached hydrogens (primary N) is 1. The van der Waals surface area contributed by atoms with Crippen LogP contribution >= 0.6 is 0 Å². The van der Waals surface area contributed by atoms with Gasteiger partial charge in [-0.05, 0) is 18.2 Å². The molecule has 1 aromatic carbocycles. The van der Waals surface area contributed by atoms with Crippen molar-refractivity contribution < 1.29 is 4.42 Å². The molecule has 0 radical (unpaired) electrons. The Bertz CT molecular complexity index is 1120. The smallest absolute Gasteiger partial charge is 0.270 e. The van der Waals surface area contributed by atoms with Crippen LogP contribution in [0.1, 0.15) is 5.56 Å². The van der Waals surface area contributed by atoms with Gasteiger partial charge in [-0.2, -0.15) is 5.26 Å². The first-order valence-electron chi connectivity index (χ1n) is 7.62. The molecular formula is C18H11N7O. The Morgan fingerprint density at radius 3 is 2.62 bits per heavy atom. The van der Waals surface area contributed by atoms with Gasteiger partial charge in [0.15, 0.2) is 11.5 Å². The van der Waals surface area contributed by atoms with Gasteiger partial charge in [-0.15, -0.1) is 10.2 Å². The Balaban J connectivity index is 1.79. The van der Waals surface area contributed by atoms with Crippen molar-refractivity contribution in [2.75, 3.05) is 5.73 Å². The van der Waals surface area contributed by atoms with Crippen LogP contribution in [0.15, 0.2) is 59.4 Å². The Morgan fingerprint density at radius 2 is 1.81 bits per heavy atom. The zero-order chi connectivity index (χ0) is 17.9. The lowest BCUT2D eigenvalue weighted by molar-refractivity contribution is 0.582. The van der Waals surface area contributed by atoms with Crippen molar-refractivity contribution in [3.63, 3.8) is 0 Å². The molecule has 0 aliphatic carbocycles. The quantitative estimate of drug-likeness (QED) is 0.602. The maximum absolute atomic E-state index is 9.25. The standard InChI is InChI=1S/C18H11N7O/c19-8-12-9-21-7-6-13(12)14-10-22-16(20)15(23-14)18-25-24-17(26-18)11-4-2-1-3-5-11/h1-7,9-10H,(H2,20,22). The fourth-order valence-corrected chi connectivity index (χ4v) is 2.41. The maximum atomic E-state index is 9.25. The minimum atomic E-state index is 0.156. The van der Waals surface area contributed by atoms with Gasteiger partial charge in [0.1, 0.15) is 6.07 Å². The van der Waals surface area contributed by atoms with Crippen molar-refractivity contribution >= 4 is 5.82 Å². The van der Waals surface area contributed by atoms with Crippen LogP contribution in [0.4, 0.5) is 5.82 Å². The van der Waals surface area contributed by atoms with Crippen LogP contribution in [0.5, 0.6) is 0 Å². The molecule has 26 heavy (non-hydrogen) atoms. The van der Waals surface area contributed by atoms with E-state index in [9.17, 15) is 5.26 Å². The molecule has 0 unspecified atom stereocenters. The Labute approximate surface area is 148 Å². The lowest BCUT2D eigenvalue weighted by atomic mass is 10.1. The van der Waals surface area contributed by atoms with Gasteiger partial charge in [0.25, 0.3) is 5.89 Å². The number of rotatable bonds is 3. The van der Waals surface area contributed by atoms with E-state index in [4.69, 9.17) is 10.2 Å². The molecule has 0 bridgehead atoms. The lowest BCUT2D eigenvalue weighted by Gasteiger charge is -2.05. The highest BCUT2D eigenvalue weighted by Crippen LogP contribution is 2.28. The van der Waals surface area contributed by atoms with E-state index in [0.717, 1.165) is 5.56 Å². The van der Waals surface area contributed by atoms with Crippen molar-refractivity contribution in [2.24, 2.45) is 0 Å². The summed E-state index contributed by atoms with van der Waals surface area (Å²) in [7, 11) is 0. The molecule has 0 aliphatic rings. The largest absolute Gasteiger partial charge is 0.414 e. The number of hydrogen-bond acceptors (Lipinski definition) is 8. The SMILES string of the molecule is N#Cc1cnccc1-c1cnc(N)c(-c2nnc(-c3ccccc3)o2)n1. The summed E-state index contributed by atoms with van der Waals surface area (Å²) >= 11 is 0. The minimum absolute atomic E-state index is 0.156. The predicted octanol–water partition coefficient (Wildman–Crippen LogP) is 2.71. The van der Waals surface area contributed by atoms with Crippen molar-refractivity contribution in [1.29, 1.82) is 5.26 Å². The number of nitriles is 1. The maximum Gasteiger partial charge on any atom is 0.270 e. The first-order valence-corrected chi connectivity index (χ1v) is 7.62. The van der Waals surface area contributed by atoms with Gasteiger partial charge in [-0.25, -0.2) is 9.97 Å². The number of pyridine rings is 1. The monoisotopic (exact) mass is 341 g/mol. The molecular weight excluding hydrogens is 330 g/mol. The van der Waals surface area contributed by atoms with Crippen molar-refractivity contribution in [3.05, 3.63) is 60.6 Å². The summed E-state index contributed by atoms with van der Waals surface area (Å²) in [6.45, 7) is 0. The van der Waals surface area contributed by atoms with Crippen molar-refractivity contribution in [2.45, 2.75) is 0 Å². The normalized spacial score (nSPS) is 10.4. The Hall–Kier alpha value is -4.12. The van der Waals surface area contributed by atoms with Crippen LogP contribution < -0.4 is 5.73 Å². The second-order valence-electron chi connectivity index (χ2n) is 5.30. The number of benzene rings is 1. The van der Waals surface area contributed by atoms with Crippen LogP contribution in [-0.2, 0) is 0 Å². The number of nitrogen functional groups attached to an aromatic ring is 1. The van der Waals surface area contributed by atoms with Crippen LogP contribution in [0.2, 0.25) is 0 Å². The highest BCUT2D eigenvalue weighted by molar-refractivity contribution is 5.71. The van der Waals surface area contributed by atoms with Crippen molar-refractivity contribution in [1.82, 2.24) is 25.1 Å². The molecule has 0 amide bonds. The highest BCUT2D eigenvalue weighted by Gasteiger charge is 2.17. The van der Waals surface area contributed by atoms with Gasteiger partial charge in [0.05, 0.1) is 17.5 Å². The Kier molecular flexibility index (Phi) is 3.80. The second kappa shape index (κ2) is 6.41. The van der Waals surface area contributed by atoms with Crippen LogP contribution in [0, 0.1) is 11.3 Å². The first-order chi connectivity index (χ1) is 12.8. The third kappa shape index (κ3) is 2.74. The van der Waals surface area contributed by atoms with E-state index in [0.29, 0.717) is 22.7 Å². The predicted molar refractivity (Wildman–Crippen MR) is 93.1 cm³/mol. The molecule has 0 spiro atoms. The Morgan fingerprint density at radius 1 is 1.00 bits per heavy atom. The van der Waals surface area contributed by atoms with Gasteiger partial charge >= 0.3 is 0 Å². The molecule has 3 aromatic heterocycles. The van der Waals surface area contributed by atoms with Gasteiger partial charge < -0.3 is 10.2 Å². The topological polar surface area (TPSA) is 127 Å². The molecule has 8 heteroatoms. The van der Waals surface area contributed by atoms with E-state index in [1.807, 2.05) is 30.3 Å². The molecule has 124 valence electrons. The van der Waals surface area contributed by atoms with Crippen molar-refractivity contribution in [3.8, 4) is 40.4 Å². The molecule has 4 rings (SSSR count). The molecule has 0 atom stereocenters. The van der Waals surface area contributed by atoms with Gasteiger partial charge in [-0.1, -0.05) is 18.2 Å². The van der Waals surface area contributed by atoms with E-state index in [-0.39, 0.29) is 17.4 Å². The van der Waals surface area contributed by atoms with E-state index in [2.05, 4.69) is 31.2 Å². The van der Waals surface area contributed by atoms with E-state index >= 15 is 0 Å².